The van der Waals surface area contributed by atoms with Gasteiger partial charge in [-0.25, -0.2) is 4.39 Å². The van der Waals surface area contributed by atoms with Gasteiger partial charge in [-0.15, -0.1) is 0 Å². The zero-order chi connectivity index (χ0) is 11.3. The molecule has 0 saturated heterocycles. The number of halogens is 1. The first-order chi connectivity index (χ1) is 7.17. The van der Waals surface area contributed by atoms with Crippen LogP contribution in [0.3, 0.4) is 0 Å². The van der Waals surface area contributed by atoms with E-state index < -0.39 is 6.10 Å². The fourth-order valence-electron chi connectivity index (χ4n) is 1.09. The summed E-state index contributed by atoms with van der Waals surface area (Å²) in [4.78, 5) is 0. The molecule has 0 aliphatic rings. The maximum Gasteiger partial charge on any atom is 0.180 e. The topological polar surface area (TPSA) is 67.8 Å². The predicted octanol–water partition coefficient (Wildman–Crippen LogP) is 1.73. The Balaban J connectivity index is 2.71. The van der Waals surface area contributed by atoms with Gasteiger partial charge in [0.25, 0.3) is 0 Å². The van der Waals surface area contributed by atoms with Gasteiger partial charge in [0.1, 0.15) is 11.6 Å². The molecule has 0 saturated carbocycles. The summed E-state index contributed by atoms with van der Waals surface area (Å²) in [6, 6.07) is 5.55. The standard InChI is InChI=1S/C10H13FN2O2/c1-2-9(10(12)13-14)15-8-5-3-7(11)4-6-8/h3-6,9,14H,2H2,1H3,(H2,12,13). The molecule has 0 aliphatic heterocycles. The molecule has 5 heteroatoms. The Morgan fingerprint density at radius 3 is 2.60 bits per heavy atom. The first-order valence-electron chi connectivity index (χ1n) is 4.57. The lowest BCUT2D eigenvalue weighted by Gasteiger charge is -2.15. The third-order valence-corrected chi connectivity index (χ3v) is 1.91. The fourth-order valence-corrected chi connectivity index (χ4v) is 1.09. The van der Waals surface area contributed by atoms with Gasteiger partial charge < -0.3 is 15.7 Å². The van der Waals surface area contributed by atoms with Crippen molar-refractivity contribution < 1.29 is 14.3 Å². The first-order valence-corrected chi connectivity index (χ1v) is 4.57. The van der Waals surface area contributed by atoms with E-state index in [0.717, 1.165) is 0 Å². The molecule has 4 nitrogen and oxygen atoms in total. The minimum atomic E-state index is -0.500. The molecule has 0 amide bonds. The van der Waals surface area contributed by atoms with E-state index in [0.29, 0.717) is 12.2 Å². The first kappa shape index (κ1) is 11.3. The molecule has 1 aromatic rings. The lowest BCUT2D eigenvalue weighted by atomic mass is 10.2. The number of nitrogens with zero attached hydrogens (tertiary/aromatic N) is 1. The third-order valence-electron chi connectivity index (χ3n) is 1.91. The second kappa shape index (κ2) is 5.19. The summed E-state index contributed by atoms with van der Waals surface area (Å²) in [6.45, 7) is 1.84. The molecule has 1 aromatic carbocycles. The molecule has 0 heterocycles. The van der Waals surface area contributed by atoms with Gasteiger partial charge in [0, 0.05) is 0 Å². The maximum absolute atomic E-state index is 12.6. The number of nitrogens with two attached hydrogens (primary N) is 1. The zero-order valence-electron chi connectivity index (χ0n) is 8.35. The molecule has 1 unspecified atom stereocenters. The Hall–Kier alpha value is -1.78. The second-order valence-corrected chi connectivity index (χ2v) is 2.99. The SMILES string of the molecule is CCC(Oc1ccc(F)cc1)C(N)=NO. The average molecular weight is 212 g/mol. The summed E-state index contributed by atoms with van der Waals surface area (Å²) >= 11 is 0. The Labute approximate surface area is 87.2 Å². The highest BCUT2D eigenvalue weighted by atomic mass is 19.1. The zero-order valence-corrected chi connectivity index (χ0v) is 8.35. The van der Waals surface area contributed by atoms with Crippen LogP contribution >= 0.6 is 0 Å². The third kappa shape index (κ3) is 3.12. The van der Waals surface area contributed by atoms with Crippen molar-refractivity contribution in [3.63, 3.8) is 0 Å². The van der Waals surface area contributed by atoms with Gasteiger partial charge in [-0.1, -0.05) is 12.1 Å². The summed E-state index contributed by atoms with van der Waals surface area (Å²) < 4.78 is 18.0. The van der Waals surface area contributed by atoms with Crippen LogP contribution < -0.4 is 10.5 Å². The maximum atomic E-state index is 12.6. The molecule has 82 valence electrons. The van der Waals surface area contributed by atoms with Crippen LogP contribution in [-0.4, -0.2) is 17.1 Å². The van der Waals surface area contributed by atoms with E-state index in [1.807, 2.05) is 6.92 Å². The molecule has 3 N–H and O–H groups in total. The Kier molecular flexibility index (Phi) is 3.91. The second-order valence-electron chi connectivity index (χ2n) is 2.99. The van der Waals surface area contributed by atoms with Crippen LogP contribution in [0.25, 0.3) is 0 Å². The van der Waals surface area contributed by atoms with E-state index in [1.54, 1.807) is 0 Å². The van der Waals surface area contributed by atoms with Crippen molar-refractivity contribution >= 4 is 5.84 Å². The van der Waals surface area contributed by atoms with E-state index in [9.17, 15) is 4.39 Å². The van der Waals surface area contributed by atoms with Crippen LogP contribution in [0.5, 0.6) is 5.75 Å². The molecular formula is C10H13FN2O2. The summed E-state index contributed by atoms with van der Waals surface area (Å²) in [5, 5.41) is 11.4. The molecule has 0 radical (unpaired) electrons. The quantitative estimate of drug-likeness (QED) is 0.345. The van der Waals surface area contributed by atoms with Crippen LogP contribution in [0.15, 0.2) is 29.4 Å². The molecule has 0 bridgehead atoms. The number of amidine groups is 1. The number of oxime groups is 1. The molecule has 1 atom stereocenters. The predicted molar refractivity (Wildman–Crippen MR) is 54.5 cm³/mol. The summed E-state index contributed by atoms with van der Waals surface area (Å²) in [6.07, 6.45) is 0.0632. The highest BCUT2D eigenvalue weighted by Crippen LogP contribution is 2.14. The summed E-state index contributed by atoms with van der Waals surface area (Å²) in [5.41, 5.74) is 5.41. The van der Waals surface area contributed by atoms with Crippen molar-refractivity contribution in [3.8, 4) is 5.75 Å². The lowest BCUT2D eigenvalue weighted by molar-refractivity contribution is 0.246. The number of hydrogen-bond acceptors (Lipinski definition) is 3. The summed E-state index contributed by atoms with van der Waals surface area (Å²) in [5.74, 6) is 0.149. The van der Waals surface area contributed by atoms with Crippen LogP contribution in [0.1, 0.15) is 13.3 Å². The summed E-state index contributed by atoms with van der Waals surface area (Å²) in [7, 11) is 0. The lowest BCUT2D eigenvalue weighted by Crippen LogP contribution is -2.33. The van der Waals surface area contributed by atoms with E-state index >= 15 is 0 Å². The number of benzene rings is 1. The van der Waals surface area contributed by atoms with Crippen molar-refractivity contribution in [2.45, 2.75) is 19.4 Å². The van der Waals surface area contributed by atoms with Crippen LogP contribution in [0.2, 0.25) is 0 Å². The van der Waals surface area contributed by atoms with Crippen molar-refractivity contribution in [3.05, 3.63) is 30.1 Å². The molecule has 0 spiro atoms. The van der Waals surface area contributed by atoms with Crippen molar-refractivity contribution in [1.29, 1.82) is 0 Å². The van der Waals surface area contributed by atoms with Crippen molar-refractivity contribution in [2.24, 2.45) is 10.9 Å². The van der Waals surface area contributed by atoms with Crippen molar-refractivity contribution in [2.75, 3.05) is 0 Å². The Morgan fingerprint density at radius 2 is 2.13 bits per heavy atom. The van der Waals surface area contributed by atoms with Gasteiger partial charge in [-0.05, 0) is 30.7 Å². The largest absolute Gasteiger partial charge is 0.482 e. The minimum Gasteiger partial charge on any atom is -0.482 e. The highest BCUT2D eigenvalue weighted by Gasteiger charge is 2.13. The Bertz CT molecular complexity index is 338. The molecular weight excluding hydrogens is 199 g/mol. The normalized spacial score (nSPS) is 13.6. The van der Waals surface area contributed by atoms with Gasteiger partial charge in [-0.2, -0.15) is 0 Å². The number of hydrogen-bond donors (Lipinski definition) is 2. The molecule has 0 aliphatic carbocycles. The smallest absolute Gasteiger partial charge is 0.180 e. The molecule has 0 aromatic heterocycles. The number of rotatable bonds is 4. The van der Waals surface area contributed by atoms with Crippen LogP contribution in [0.4, 0.5) is 4.39 Å². The molecule has 15 heavy (non-hydrogen) atoms. The van der Waals surface area contributed by atoms with Gasteiger partial charge in [0.15, 0.2) is 11.9 Å². The van der Waals surface area contributed by atoms with E-state index in [2.05, 4.69) is 5.16 Å². The molecule has 1 rings (SSSR count). The monoisotopic (exact) mass is 212 g/mol. The van der Waals surface area contributed by atoms with Gasteiger partial charge >= 0.3 is 0 Å². The van der Waals surface area contributed by atoms with Gasteiger partial charge in [-0.3, -0.25) is 0 Å². The van der Waals surface area contributed by atoms with Gasteiger partial charge in [0.2, 0.25) is 0 Å². The highest BCUT2D eigenvalue weighted by molar-refractivity contribution is 5.84. The van der Waals surface area contributed by atoms with E-state index in [-0.39, 0.29) is 11.7 Å². The van der Waals surface area contributed by atoms with Crippen molar-refractivity contribution in [1.82, 2.24) is 0 Å². The van der Waals surface area contributed by atoms with E-state index in [1.165, 1.54) is 24.3 Å². The average Bonchev–Trinajstić information content (AvgIpc) is 2.27. The number of ether oxygens (including phenoxy) is 1. The van der Waals surface area contributed by atoms with Crippen LogP contribution in [0, 0.1) is 5.82 Å². The van der Waals surface area contributed by atoms with E-state index in [4.69, 9.17) is 15.7 Å². The fraction of sp³-hybridized carbons (Fsp3) is 0.300. The minimum absolute atomic E-state index is 0.00169. The Morgan fingerprint density at radius 1 is 1.53 bits per heavy atom. The van der Waals surface area contributed by atoms with Gasteiger partial charge in [0.05, 0.1) is 0 Å². The van der Waals surface area contributed by atoms with Crippen LogP contribution in [-0.2, 0) is 0 Å². The molecule has 0 fully saturated rings.